The minimum Gasteiger partial charge on any atom is -0.357 e. The Morgan fingerprint density at radius 2 is 2.15 bits per heavy atom. The summed E-state index contributed by atoms with van der Waals surface area (Å²) in [5.74, 6) is 0.902. The van der Waals surface area contributed by atoms with Crippen LogP contribution in [0.25, 0.3) is 10.6 Å². The molecule has 0 saturated heterocycles. The summed E-state index contributed by atoms with van der Waals surface area (Å²) in [5, 5.41) is 9.67. The van der Waals surface area contributed by atoms with E-state index in [9.17, 15) is 8.42 Å². The Morgan fingerprint density at radius 1 is 1.37 bits per heavy atom. The third-order valence-electron chi connectivity index (χ3n) is 3.81. The van der Waals surface area contributed by atoms with Gasteiger partial charge in [0.15, 0.2) is 5.96 Å². The number of hydrogen-bond donors (Lipinski definition) is 2. The largest absolute Gasteiger partial charge is 0.357 e. The molecule has 0 aliphatic heterocycles. The van der Waals surface area contributed by atoms with Crippen molar-refractivity contribution in [2.24, 2.45) is 4.99 Å². The molecule has 2 aromatic rings. The van der Waals surface area contributed by atoms with Crippen LogP contribution in [-0.4, -0.2) is 50.5 Å². The van der Waals surface area contributed by atoms with Crippen molar-refractivity contribution in [3.05, 3.63) is 27.4 Å². The smallest absolute Gasteiger partial charge is 0.191 e. The molecule has 0 aliphatic rings. The summed E-state index contributed by atoms with van der Waals surface area (Å²) in [6, 6.07) is 4.30. The number of aromatic nitrogens is 1. The van der Waals surface area contributed by atoms with Crippen LogP contribution in [0.3, 0.4) is 0 Å². The second-order valence-corrected chi connectivity index (χ2v) is 11.0. The second kappa shape index (κ2) is 10.2. The molecule has 0 spiro atoms. The maximum absolute atomic E-state index is 11.3. The van der Waals surface area contributed by atoms with Gasteiger partial charge >= 0.3 is 0 Å². The van der Waals surface area contributed by atoms with E-state index >= 15 is 0 Å². The standard InChI is InChI=1S/C18H28N4O2S3/c1-5-19-18(21-13(2)9-11-27(4,23)24)20-10-8-15-6-7-17(26-15)16-12-25-14(3)22-16/h6-7,12-13H,5,8-11H2,1-4H3,(H2,19,20,21). The second-order valence-electron chi connectivity index (χ2n) is 6.49. The Bertz CT molecular complexity index is 856. The van der Waals surface area contributed by atoms with Crippen LogP contribution in [-0.2, 0) is 16.3 Å². The Balaban J connectivity index is 1.88. The van der Waals surface area contributed by atoms with Gasteiger partial charge in [0.1, 0.15) is 9.84 Å². The first-order chi connectivity index (χ1) is 12.8. The maximum atomic E-state index is 11.3. The van der Waals surface area contributed by atoms with E-state index in [1.807, 2.05) is 20.8 Å². The molecular formula is C18H28N4O2S3. The average Bonchev–Trinajstić information content (AvgIpc) is 3.21. The van der Waals surface area contributed by atoms with Crippen molar-refractivity contribution >= 4 is 38.5 Å². The van der Waals surface area contributed by atoms with Crippen molar-refractivity contribution in [3.63, 3.8) is 0 Å². The molecule has 0 saturated carbocycles. The highest BCUT2D eigenvalue weighted by Gasteiger charge is 2.10. The molecule has 2 rings (SSSR count). The molecule has 1 unspecified atom stereocenters. The van der Waals surface area contributed by atoms with E-state index in [0.29, 0.717) is 13.0 Å². The quantitative estimate of drug-likeness (QED) is 0.474. The number of thiophene rings is 1. The molecule has 0 radical (unpaired) electrons. The van der Waals surface area contributed by atoms with E-state index in [4.69, 9.17) is 0 Å². The molecule has 2 aromatic heterocycles. The first-order valence-corrected chi connectivity index (χ1v) is 12.8. The lowest BCUT2D eigenvalue weighted by molar-refractivity contribution is 0.581. The first-order valence-electron chi connectivity index (χ1n) is 9.00. The molecule has 27 heavy (non-hydrogen) atoms. The zero-order valence-electron chi connectivity index (χ0n) is 16.3. The van der Waals surface area contributed by atoms with Crippen molar-refractivity contribution < 1.29 is 8.42 Å². The van der Waals surface area contributed by atoms with Gasteiger partial charge in [-0.3, -0.25) is 4.99 Å². The van der Waals surface area contributed by atoms with Gasteiger partial charge in [-0.05, 0) is 39.3 Å². The summed E-state index contributed by atoms with van der Waals surface area (Å²) in [4.78, 5) is 11.6. The normalized spacial score (nSPS) is 13.6. The number of aryl methyl sites for hydroxylation is 1. The van der Waals surface area contributed by atoms with Crippen LogP contribution in [0.15, 0.2) is 22.5 Å². The van der Waals surface area contributed by atoms with Crippen molar-refractivity contribution in [1.82, 2.24) is 15.6 Å². The number of rotatable bonds is 9. The van der Waals surface area contributed by atoms with Crippen molar-refractivity contribution in [3.8, 4) is 10.6 Å². The molecule has 1 atom stereocenters. The molecule has 0 aliphatic carbocycles. The zero-order valence-corrected chi connectivity index (χ0v) is 18.7. The lowest BCUT2D eigenvalue weighted by Crippen LogP contribution is -2.43. The summed E-state index contributed by atoms with van der Waals surface area (Å²) in [7, 11) is -2.94. The number of hydrogen-bond acceptors (Lipinski definition) is 6. The van der Waals surface area contributed by atoms with Crippen LogP contribution in [0.4, 0.5) is 0 Å². The lowest BCUT2D eigenvalue weighted by atomic mass is 10.3. The summed E-state index contributed by atoms with van der Waals surface area (Å²) < 4.78 is 22.6. The van der Waals surface area contributed by atoms with Crippen LogP contribution in [0.5, 0.6) is 0 Å². The summed E-state index contributed by atoms with van der Waals surface area (Å²) in [6.07, 6.45) is 2.69. The van der Waals surface area contributed by atoms with Crippen LogP contribution < -0.4 is 10.6 Å². The molecule has 2 N–H and O–H groups in total. The number of thiazole rings is 1. The monoisotopic (exact) mass is 428 g/mol. The van der Waals surface area contributed by atoms with Gasteiger partial charge in [0.2, 0.25) is 0 Å². The van der Waals surface area contributed by atoms with Crippen LogP contribution >= 0.6 is 22.7 Å². The Morgan fingerprint density at radius 3 is 2.78 bits per heavy atom. The number of nitrogens with one attached hydrogen (secondary N) is 2. The molecule has 0 bridgehead atoms. The molecular weight excluding hydrogens is 400 g/mol. The van der Waals surface area contributed by atoms with Gasteiger partial charge < -0.3 is 10.6 Å². The van der Waals surface area contributed by atoms with Gasteiger partial charge in [0.05, 0.1) is 21.3 Å². The Kier molecular flexibility index (Phi) is 8.25. The first kappa shape index (κ1) is 21.8. The van der Waals surface area contributed by atoms with Gasteiger partial charge in [-0.1, -0.05) is 0 Å². The van der Waals surface area contributed by atoms with E-state index < -0.39 is 9.84 Å². The average molecular weight is 429 g/mol. The number of guanidine groups is 1. The predicted molar refractivity (Wildman–Crippen MR) is 117 cm³/mol. The topological polar surface area (TPSA) is 83.4 Å². The fourth-order valence-corrected chi connectivity index (χ4v) is 4.85. The molecule has 150 valence electrons. The molecule has 0 amide bonds. The number of nitrogens with zero attached hydrogens (tertiary/aromatic N) is 2. The van der Waals surface area contributed by atoms with Crippen LogP contribution in [0.2, 0.25) is 0 Å². The van der Waals surface area contributed by atoms with Gasteiger partial charge in [0.25, 0.3) is 0 Å². The summed E-state index contributed by atoms with van der Waals surface area (Å²) in [6.45, 7) is 7.43. The highest BCUT2D eigenvalue weighted by atomic mass is 32.2. The van der Waals surface area contributed by atoms with Crippen LogP contribution in [0.1, 0.15) is 30.2 Å². The highest BCUT2D eigenvalue weighted by Crippen LogP contribution is 2.29. The van der Waals surface area contributed by atoms with Gasteiger partial charge in [0, 0.05) is 42.1 Å². The highest BCUT2D eigenvalue weighted by molar-refractivity contribution is 7.90. The van der Waals surface area contributed by atoms with Gasteiger partial charge in [-0.2, -0.15) is 0 Å². The van der Waals surface area contributed by atoms with E-state index in [1.165, 1.54) is 16.0 Å². The summed E-state index contributed by atoms with van der Waals surface area (Å²) in [5.41, 5.74) is 1.05. The van der Waals surface area contributed by atoms with E-state index in [-0.39, 0.29) is 11.8 Å². The molecule has 0 fully saturated rings. The summed E-state index contributed by atoms with van der Waals surface area (Å²) >= 11 is 3.42. The Labute approximate surface area is 170 Å². The van der Waals surface area contributed by atoms with Crippen molar-refractivity contribution in [1.29, 1.82) is 0 Å². The fraction of sp³-hybridized carbons (Fsp3) is 0.556. The maximum Gasteiger partial charge on any atom is 0.191 e. The number of sulfone groups is 1. The minimum absolute atomic E-state index is 0.0405. The molecule has 0 aromatic carbocycles. The minimum atomic E-state index is -2.94. The van der Waals surface area contributed by atoms with Crippen molar-refractivity contribution in [2.75, 3.05) is 25.1 Å². The van der Waals surface area contributed by atoms with E-state index in [0.717, 1.165) is 29.6 Å². The van der Waals surface area contributed by atoms with Crippen LogP contribution in [0, 0.1) is 6.92 Å². The Hall–Kier alpha value is -1.45. The fourth-order valence-electron chi connectivity index (χ4n) is 2.42. The van der Waals surface area contributed by atoms with E-state index in [1.54, 1.807) is 22.7 Å². The zero-order chi connectivity index (χ0) is 19.9. The molecule has 2 heterocycles. The predicted octanol–water partition coefficient (Wildman–Crippen LogP) is 3.10. The van der Waals surface area contributed by atoms with E-state index in [2.05, 4.69) is 38.1 Å². The molecule has 9 heteroatoms. The third-order valence-corrected chi connectivity index (χ3v) is 6.73. The van der Waals surface area contributed by atoms with Gasteiger partial charge in [-0.25, -0.2) is 13.4 Å². The molecule has 6 nitrogen and oxygen atoms in total. The van der Waals surface area contributed by atoms with Gasteiger partial charge in [-0.15, -0.1) is 22.7 Å². The third kappa shape index (κ3) is 7.98. The number of aliphatic imine (C=N–C) groups is 1. The lowest BCUT2D eigenvalue weighted by Gasteiger charge is -2.17. The SMILES string of the molecule is CCNC(=NCCc1ccc(-c2csc(C)n2)s1)NC(C)CCS(C)(=O)=O. The van der Waals surface area contributed by atoms with Crippen molar-refractivity contribution in [2.45, 2.75) is 39.7 Å².